The molecule has 0 saturated carbocycles. The number of nitrogens with zero attached hydrogens (tertiary/aromatic N) is 1. The summed E-state index contributed by atoms with van der Waals surface area (Å²) in [6, 6.07) is 17.4. The van der Waals surface area contributed by atoms with Crippen LogP contribution in [0.1, 0.15) is 54.4 Å². The van der Waals surface area contributed by atoms with Crippen molar-refractivity contribution >= 4 is 17.5 Å². The van der Waals surface area contributed by atoms with Gasteiger partial charge in [-0.15, -0.1) is 0 Å². The average molecular weight is 431 g/mol. The first-order valence-electron chi connectivity index (χ1n) is 11.1. The molecule has 0 saturated heterocycles. The number of hydrogen-bond donors (Lipinski definition) is 1. The van der Waals surface area contributed by atoms with Crippen LogP contribution in [0.25, 0.3) is 11.3 Å². The normalized spacial score (nSPS) is 13.6. The van der Waals surface area contributed by atoms with Crippen LogP contribution in [0.2, 0.25) is 0 Å². The molecule has 166 valence electrons. The standard InChI is InChI=1S/C27H30N2O3/c1-18-7-5-9-20(13-18)26(31)29-12-11-23-21(17-29)15-24(32-23)19-8-6-10-22(14-19)28-25(30)16-27(2,3)4/h5-10,13-15H,11-12,16-17H2,1-4H3,(H,28,30). The Morgan fingerprint density at radius 3 is 2.59 bits per heavy atom. The second-order valence-corrected chi connectivity index (χ2v) is 9.77. The molecule has 2 aromatic carbocycles. The van der Waals surface area contributed by atoms with Gasteiger partial charge in [0.25, 0.3) is 5.91 Å². The number of furan rings is 1. The molecule has 2 heterocycles. The summed E-state index contributed by atoms with van der Waals surface area (Å²) in [6.45, 7) is 9.30. The molecule has 0 fully saturated rings. The Kier molecular flexibility index (Phi) is 5.92. The lowest BCUT2D eigenvalue weighted by atomic mass is 9.92. The maximum absolute atomic E-state index is 12.9. The van der Waals surface area contributed by atoms with E-state index in [1.807, 2.05) is 87.2 Å². The van der Waals surface area contributed by atoms with E-state index >= 15 is 0 Å². The zero-order chi connectivity index (χ0) is 22.9. The molecule has 1 aliphatic heterocycles. The highest BCUT2D eigenvalue weighted by Gasteiger charge is 2.25. The monoisotopic (exact) mass is 430 g/mol. The van der Waals surface area contributed by atoms with Gasteiger partial charge in [0.2, 0.25) is 5.91 Å². The molecule has 5 heteroatoms. The molecule has 4 rings (SSSR count). The Balaban J connectivity index is 1.49. The van der Waals surface area contributed by atoms with Crippen molar-refractivity contribution in [1.82, 2.24) is 4.90 Å². The van der Waals surface area contributed by atoms with E-state index in [1.165, 1.54) is 0 Å². The summed E-state index contributed by atoms with van der Waals surface area (Å²) in [5.41, 5.74) is 4.43. The zero-order valence-corrected chi connectivity index (χ0v) is 19.2. The molecule has 1 aromatic heterocycles. The highest BCUT2D eigenvalue weighted by molar-refractivity contribution is 5.94. The molecule has 1 aliphatic rings. The van der Waals surface area contributed by atoms with Gasteiger partial charge in [-0.3, -0.25) is 9.59 Å². The fourth-order valence-electron chi connectivity index (χ4n) is 4.05. The SMILES string of the molecule is Cc1cccc(C(=O)N2CCc3oc(-c4cccc(NC(=O)CC(C)(C)C)c4)cc3C2)c1. The third-order valence-corrected chi connectivity index (χ3v) is 5.54. The van der Waals surface area contributed by atoms with Crippen LogP contribution in [-0.2, 0) is 17.8 Å². The Morgan fingerprint density at radius 2 is 1.84 bits per heavy atom. The first kappa shape index (κ1) is 21.9. The average Bonchev–Trinajstić information content (AvgIpc) is 3.15. The summed E-state index contributed by atoms with van der Waals surface area (Å²) in [7, 11) is 0. The number of aryl methyl sites for hydroxylation is 1. The van der Waals surface area contributed by atoms with Gasteiger partial charge in [-0.05, 0) is 42.7 Å². The topological polar surface area (TPSA) is 62.6 Å². The van der Waals surface area contributed by atoms with Gasteiger partial charge >= 0.3 is 0 Å². The Hall–Kier alpha value is -3.34. The predicted octanol–water partition coefficient (Wildman–Crippen LogP) is 5.83. The van der Waals surface area contributed by atoms with E-state index < -0.39 is 0 Å². The van der Waals surface area contributed by atoms with Gasteiger partial charge in [-0.25, -0.2) is 0 Å². The number of carbonyl (C=O) groups is 2. The van der Waals surface area contributed by atoms with E-state index in [0.29, 0.717) is 25.9 Å². The smallest absolute Gasteiger partial charge is 0.254 e. The minimum Gasteiger partial charge on any atom is -0.461 e. The third-order valence-electron chi connectivity index (χ3n) is 5.54. The van der Waals surface area contributed by atoms with Crippen molar-refractivity contribution in [3.8, 4) is 11.3 Å². The summed E-state index contributed by atoms with van der Waals surface area (Å²) in [4.78, 5) is 27.1. The summed E-state index contributed by atoms with van der Waals surface area (Å²) in [5.74, 6) is 1.73. The highest BCUT2D eigenvalue weighted by Crippen LogP contribution is 2.31. The summed E-state index contributed by atoms with van der Waals surface area (Å²) >= 11 is 0. The molecule has 0 aliphatic carbocycles. The fraction of sp³-hybridized carbons (Fsp3) is 0.333. The van der Waals surface area contributed by atoms with Crippen LogP contribution < -0.4 is 5.32 Å². The molecule has 0 radical (unpaired) electrons. The number of benzene rings is 2. The quantitative estimate of drug-likeness (QED) is 0.567. The molecule has 2 amide bonds. The van der Waals surface area contributed by atoms with Crippen LogP contribution in [0.5, 0.6) is 0 Å². The maximum atomic E-state index is 12.9. The maximum Gasteiger partial charge on any atom is 0.254 e. The number of carbonyl (C=O) groups excluding carboxylic acids is 2. The van der Waals surface area contributed by atoms with Crippen LogP contribution in [0.4, 0.5) is 5.69 Å². The van der Waals surface area contributed by atoms with Crippen molar-refractivity contribution in [2.45, 2.75) is 47.1 Å². The van der Waals surface area contributed by atoms with Crippen LogP contribution >= 0.6 is 0 Å². The summed E-state index contributed by atoms with van der Waals surface area (Å²) in [6.07, 6.45) is 1.14. The van der Waals surface area contributed by atoms with E-state index in [-0.39, 0.29) is 17.2 Å². The molecule has 1 N–H and O–H groups in total. The Morgan fingerprint density at radius 1 is 1.06 bits per heavy atom. The van der Waals surface area contributed by atoms with Crippen molar-refractivity contribution in [2.75, 3.05) is 11.9 Å². The summed E-state index contributed by atoms with van der Waals surface area (Å²) in [5, 5.41) is 2.98. The molecular formula is C27H30N2O3. The molecule has 0 bridgehead atoms. The van der Waals surface area contributed by atoms with E-state index in [0.717, 1.165) is 39.5 Å². The van der Waals surface area contributed by atoms with E-state index in [1.54, 1.807) is 0 Å². The molecular weight excluding hydrogens is 400 g/mol. The van der Waals surface area contributed by atoms with Gasteiger partial charge in [-0.2, -0.15) is 0 Å². The minimum absolute atomic E-state index is 0.00121. The lowest BCUT2D eigenvalue weighted by molar-refractivity contribution is -0.117. The largest absolute Gasteiger partial charge is 0.461 e. The molecule has 0 atom stereocenters. The van der Waals surface area contributed by atoms with Gasteiger partial charge in [0.15, 0.2) is 0 Å². The van der Waals surface area contributed by atoms with E-state index in [9.17, 15) is 9.59 Å². The van der Waals surface area contributed by atoms with Crippen LogP contribution in [0.15, 0.2) is 59.0 Å². The van der Waals surface area contributed by atoms with Crippen molar-refractivity contribution in [2.24, 2.45) is 5.41 Å². The van der Waals surface area contributed by atoms with Crippen LogP contribution in [-0.4, -0.2) is 23.3 Å². The molecule has 5 nitrogen and oxygen atoms in total. The van der Waals surface area contributed by atoms with Crippen molar-refractivity contribution in [1.29, 1.82) is 0 Å². The zero-order valence-electron chi connectivity index (χ0n) is 19.2. The van der Waals surface area contributed by atoms with Gasteiger partial charge in [0, 0.05) is 48.3 Å². The lowest BCUT2D eigenvalue weighted by Crippen LogP contribution is -2.35. The summed E-state index contributed by atoms with van der Waals surface area (Å²) < 4.78 is 6.13. The third kappa shape index (κ3) is 5.10. The number of nitrogens with one attached hydrogen (secondary N) is 1. The minimum atomic E-state index is -0.0660. The lowest BCUT2D eigenvalue weighted by Gasteiger charge is -2.26. The molecule has 3 aromatic rings. The number of anilines is 1. The fourth-order valence-corrected chi connectivity index (χ4v) is 4.05. The van der Waals surface area contributed by atoms with Crippen molar-refractivity contribution in [3.63, 3.8) is 0 Å². The molecule has 0 spiro atoms. The second-order valence-electron chi connectivity index (χ2n) is 9.77. The van der Waals surface area contributed by atoms with E-state index in [4.69, 9.17) is 4.42 Å². The molecule has 0 unspecified atom stereocenters. The number of rotatable bonds is 4. The first-order chi connectivity index (χ1) is 15.2. The Labute approximate surface area is 189 Å². The highest BCUT2D eigenvalue weighted by atomic mass is 16.3. The number of amides is 2. The Bertz CT molecular complexity index is 1150. The van der Waals surface area contributed by atoms with Gasteiger partial charge < -0.3 is 14.6 Å². The second kappa shape index (κ2) is 8.65. The van der Waals surface area contributed by atoms with Gasteiger partial charge in [0.1, 0.15) is 11.5 Å². The predicted molar refractivity (Wildman–Crippen MR) is 126 cm³/mol. The number of fused-ring (bicyclic) bond motifs is 1. The van der Waals surface area contributed by atoms with Gasteiger partial charge in [0.05, 0.1) is 0 Å². The van der Waals surface area contributed by atoms with Crippen molar-refractivity contribution < 1.29 is 14.0 Å². The molecule has 32 heavy (non-hydrogen) atoms. The van der Waals surface area contributed by atoms with E-state index in [2.05, 4.69) is 5.32 Å². The van der Waals surface area contributed by atoms with Gasteiger partial charge in [-0.1, -0.05) is 50.6 Å². The van der Waals surface area contributed by atoms with Crippen molar-refractivity contribution in [3.05, 3.63) is 77.0 Å². The first-order valence-corrected chi connectivity index (χ1v) is 11.1. The van der Waals surface area contributed by atoms with Crippen LogP contribution in [0, 0.1) is 12.3 Å². The van der Waals surface area contributed by atoms with Crippen LogP contribution in [0.3, 0.4) is 0 Å². The number of hydrogen-bond acceptors (Lipinski definition) is 3.